The molecule has 0 aliphatic carbocycles. The number of rotatable bonds is 10. The average Bonchev–Trinajstić information content (AvgIpc) is 3.55. The maximum Gasteiger partial charge on any atom is 0.410 e. The third kappa shape index (κ3) is 8.40. The van der Waals surface area contributed by atoms with Crippen LogP contribution >= 0.6 is 23.2 Å². The zero-order valence-electron chi connectivity index (χ0n) is 31.9. The predicted octanol–water partition coefficient (Wildman–Crippen LogP) is 8.04. The van der Waals surface area contributed by atoms with Crippen LogP contribution < -0.4 is 14.8 Å². The Bertz CT molecular complexity index is 2080. The number of carbonyl (C=O) groups is 2. The summed E-state index contributed by atoms with van der Waals surface area (Å²) in [5.41, 5.74) is 5.39. The van der Waals surface area contributed by atoms with Crippen LogP contribution in [-0.2, 0) is 27.4 Å². The molecule has 5 heterocycles. The quantitative estimate of drug-likeness (QED) is 0.171. The van der Waals surface area contributed by atoms with Gasteiger partial charge < -0.3 is 29.2 Å². The molecule has 3 fully saturated rings. The summed E-state index contributed by atoms with van der Waals surface area (Å²) in [5.74, 6) is 1.27. The Kier molecular flexibility index (Phi) is 11.3. The second-order valence-electron chi connectivity index (χ2n) is 15.6. The number of ether oxygens (including phenoxy) is 4. The Morgan fingerprint density at radius 2 is 1.71 bits per heavy atom. The minimum atomic E-state index is -0.639. The first-order chi connectivity index (χ1) is 26.4. The second-order valence-corrected chi connectivity index (χ2v) is 16.4. The lowest BCUT2D eigenvalue weighted by Crippen LogP contribution is -2.56. The molecular formula is C42H47Cl2N5O6. The van der Waals surface area contributed by atoms with Gasteiger partial charge in [0.15, 0.2) is 0 Å². The molecular weight excluding hydrogens is 741 g/mol. The van der Waals surface area contributed by atoms with Gasteiger partial charge in [-0.2, -0.15) is 0 Å². The van der Waals surface area contributed by atoms with Crippen LogP contribution in [0.2, 0.25) is 10.0 Å². The van der Waals surface area contributed by atoms with E-state index in [4.69, 9.17) is 47.1 Å². The van der Waals surface area contributed by atoms with Crippen LogP contribution in [0.5, 0.6) is 11.6 Å². The monoisotopic (exact) mass is 787 g/mol. The lowest BCUT2D eigenvalue weighted by molar-refractivity contribution is -0.120. The fourth-order valence-corrected chi connectivity index (χ4v) is 8.45. The zero-order valence-corrected chi connectivity index (χ0v) is 33.4. The number of carbonyl (C=O) groups excluding carboxylic acids is 2. The van der Waals surface area contributed by atoms with Crippen LogP contribution in [0.25, 0.3) is 33.6 Å². The molecule has 2 amide bonds. The van der Waals surface area contributed by atoms with Crippen LogP contribution in [0, 0.1) is 5.41 Å². The number of halogens is 2. The molecule has 0 unspecified atom stereocenters. The Morgan fingerprint density at radius 1 is 0.982 bits per heavy atom. The Balaban J connectivity index is 1.13. The van der Waals surface area contributed by atoms with Gasteiger partial charge in [0.05, 0.1) is 42.2 Å². The highest BCUT2D eigenvalue weighted by atomic mass is 35.5. The molecule has 0 saturated carbocycles. The van der Waals surface area contributed by atoms with Gasteiger partial charge in [-0.15, -0.1) is 0 Å². The average molecular weight is 789 g/mol. The largest absolute Gasteiger partial charge is 0.496 e. The molecule has 1 N–H and O–H groups in total. The molecule has 2 aromatic carbocycles. The molecule has 1 spiro atoms. The van der Waals surface area contributed by atoms with Crippen molar-refractivity contribution in [2.45, 2.75) is 64.8 Å². The van der Waals surface area contributed by atoms with Gasteiger partial charge in [-0.1, -0.05) is 53.5 Å². The highest BCUT2D eigenvalue weighted by Gasteiger charge is 2.48. The fourth-order valence-electron chi connectivity index (χ4n) is 7.80. The summed E-state index contributed by atoms with van der Waals surface area (Å²) in [4.78, 5) is 38.8. The summed E-state index contributed by atoms with van der Waals surface area (Å²) in [6, 6.07) is 17.4. The minimum Gasteiger partial charge on any atom is -0.496 e. The van der Waals surface area contributed by atoms with Gasteiger partial charge in [-0.3, -0.25) is 14.7 Å². The van der Waals surface area contributed by atoms with E-state index >= 15 is 0 Å². The molecule has 3 aliphatic rings. The van der Waals surface area contributed by atoms with Crippen molar-refractivity contribution in [2.75, 3.05) is 47.1 Å². The first-order valence-corrected chi connectivity index (χ1v) is 19.3. The molecule has 3 aliphatic heterocycles. The number of amides is 2. The van der Waals surface area contributed by atoms with Crippen molar-refractivity contribution in [1.82, 2.24) is 25.1 Å². The number of hydrogen-bond donors (Lipinski definition) is 1. The van der Waals surface area contributed by atoms with Crippen LogP contribution in [0.3, 0.4) is 0 Å². The molecule has 55 heavy (non-hydrogen) atoms. The number of methoxy groups -OCH3 is 2. The molecule has 2 aromatic heterocycles. The molecule has 11 nitrogen and oxygen atoms in total. The molecule has 13 heteroatoms. The van der Waals surface area contributed by atoms with Crippen molar-refractivity contribution < 1.29 is 28.5 Å². The van der Waals surface area contributed by atoms with Gasteiger partial charge >= 0.3 is 6.09 Å². The number of likely N-dealkylation sites (tertiary alicyclic amines) is 1. The van der Waals surface area contributed by atoms with Gasteiger partial charge in [0.1, 0.15) is 11.4 Å². The Labute approximate surface area is 332 Å². The Morgan fingerprint density at radius 3 is 2.40 bits per heavy atom. The van der Waals surface area contributed by atoms with E-state index in [9.17, 15) is 9.59 Å². The summed E-state index contributed by atoms with van der Waals surface area (Å²) < 4.78 is 23.0. The lowest BCUT2D eigenvalue weighted by Gasteiger charge is -2.47. The van der Waals surface area contributed by atoms with Gasteiger partial charge in [-0.05, 0) is 57.9 Å². The molecule has 7 rings (SSSR count). The van der Waals surface area contributed by atoms with Crippen molar-refractivity contribution in [3.05, 3.63) is 82.0 Å². The van der Waals surface area contributed by atoms with Crippen molar-refractivity contribution in [3.63, 3.8) is 0 Å². The van der Waals surface area contributed by atoms with E-state index < -0.39 is 5.60 Å². The van der Waals surface area contributed by atoms with E-state index in [-0.39, 0.29) is 30.0 Å². The third-order valence-electron chi connectivity index (χ3n) is 10.5. The van der Waals surface area contributed by atoms with E-state index in [0.717, 1.165) is 72.6 Å². The summed E-state index contributed by atoms with van der Waals surface area (Å²) in [6.45, 7) is 10.2. The van der Waals surface area contributed by atoms with E-state index in [1.165, 1.54) is 0 Å². The number of aromatic nitrogens is 2. The standard InChI is InChI=1S/C42H47Cl2N5O6/c1-41(2,3)55-40(51)49(29-14-17-54-18-15-29)22-28-11-12-33(47-39(28)53-5)32-8-6-7-30(36(32)43)31-13-16-45-38(37(31)44)26-9-10-27(34(19-26)52-4)21-48-24-42(25-48)20-35(50)46-23-42/h6-13,16,19,29H,14-15,17-18,20-25H2,1-5H3,(H,46,50). The highest BCUT2D eigenvalue weighted by Crippen LogP contribution is 2.43. The molecule has 0 atom stereocenters. The SMILES string of the molecule is COc1cc(-c2nccc(-c3cccc(-c4ccc(CN(C(=O)OC(C)(C)C)C5CCOCC5)c(OC)n4)c3Cl)c2Cl)ccc1CN1CC2(CNC(=O)C2)C1. The number of pyridine rings is 2. The maximum absolute atomic E-state index is 13.4. The molecule has 0 radical (unpaired) electrons. The van der Waals surface area contributed by atoms with Crippen LogP contribution in [0.1, 0.15) is 51.2 Å². The molecule has 4 aromatic rings. The first-order valence-electron chi connectivity index (χ1n) is 18.6. The van der Waals surface area contributed by atoms with E-state index in [1.54, 1.807) is 25.3 Å². The van der Waals surface area contributed by atoms with Crippen LogP contribution in [0.4, 0.5) is 4.79 Å². The Hall–Kier alpha value is -4.42. The summed E-state index contributed by atoms with van der Waals surface area (Å²) in [6.07, 6.45) is 3.37. The van der Waals surface area contributed by atoms with Crippen molar-refractivity contribution >= 4 is 35.2 Å². The van der Waals surface area contributed by atoms with Crippen molar-refractivity contribution in [2.24, 2.45) is 5.41 Å². The number of nitrogens with zero attached hydrogens (tertiary/aromatic N) is 4. The van der Waals surface area contributed by atoms with Gasteiger partial charge in [0.2, 0.25) is 11.8 Å². The van der Waals surface area contributed by atoms with E-state index in [1.807, 2.05) is 69.3 Å². The first kappa shape index (κ1) is 38.8. The number of nitrogens with one attached hydrogen (secondary N) is 1. The topological polar surface area (TPSA) is 115 Å². The van der Waals surface area contributed by atoms with Gasteiger partial charge in [0.25, 0.3) is 0 Å². The predicted molar refractivity (Wildman–Crippen MR) is 212 cm³/mol. The lowest BCUT2D eigenvalue weighted by atomic mass is 9.79. The smallest absolute Gasteiger partial charge is 0.410 e. The zero-order chi connectivity index (χ0) is 38.9. The molecule has 0 bridgehead atoms. The number of hydrogen-bond acceptors (Lipinski definition) is 9. The summed E-state index contributed by atoms with van der Waals surface area (Å²) in [7, 11) is 3.23. The van der Waals surface area contributed by atoms with Crippen molar-refractivity contribution in [1.29, 1.82) is 0 Å². The number of benzene rings is 2. The van der Waals surface area contributed by atoms with E-state index in [0.29, 0.717) is 52.5 Å². The minimum absolute atomic E-state index is 0.0327. The molecule has 290 valence electrons. The fraction of sp³-hybridized carbons (Fsp3) is 0.429. The molecule has 3 saturated heterocycles. The highest BCUT2D eigenvalue weighted by molar-refractivity contribution is 6.39. The maximum atomic E-state index is 13.4. The van der Waals surface area contributed by atoms with Gasteiger partial charge in [-0.25, -0.2) is 9.78 Å². The van der Waals surface area contributed by atoms with Crippen molar-refractivity contribution in [3.8, 4) is 45.3 Å². The van der Waals surface area contributed by atoms with Gasteiger partial charge in [0, 0.05) is 96.8 Å². The second kappa shape index (κ2) is 16.0. The summed E-state index contributed by atoms with van der Waals surface area (Å²) >= 11 is 14.3. The third-order valence-corrected chi connectivity index (χ3v) is 11.2. The summed E-state index contributed by atoms with van der Waals surface area (Å²) in [5, 5.41) is 3.89. The normalized spacial score (nSPS) is 17.1. The van der Waals surface area contributed by atoms with Crippen LogP contribution in [0.15, 0.2) is 60.8 Å². The van der Waals surface area contributed by atoms with E-state index in [2.05, 4.69) is 21.3 Å². The van der Waals surface area contributed by atoms with Crippen LogP contribution in [-0.4, -0.2) is 90.5 Å².